The third kappa shape index (κ3) is 2.85. The molecular weight excluding hydrogens is 240 g/mol. The van der Waals surface area contributed by atoms with Crippen LogP contribution >= 0.6 is 0 Å². The van der Waals surface area contributed by atoms with Gasteiger partial charge in [0.25, 0.3) is 0 Å². The molecule has 98 valence electrons. The van der Waals surface area contributed by atoms with Crippen LogP contribution in [0, 0.1) is 0 Å². The van der Waals surface area contributed by atoms with Crippen molar-refractivity contribution in [3.05, 3.63) is 30.2 Å². The Morgan fingerprint density at radius 3 is 2.89 bits per heavy atom. The molecule has 1 N–H and O–H groups in total. The third-order valence-corrected chi connectivity index (χ3v) is 2.50. The first-order chi connectivity index (χ1) is 8.70. The number of hydrogen-bond acceptors (Lipinski definition) is 3. The number of aryl methyl sites for hydroxylation is 1. The highest BCUT2D eigenvalue weighted by Crippen LogP contribution is 2.12. The molecule has 0 spiro atoms. The maximum atomic E-state index is 12.3. The summed E-state index contributed by atoms with van der Waals surface area (Å²) >= 11 is 0. The van der Waals surface area contributed by atoms with E-state index in [1.807, 2.05) is 10.7 Å². The van der Waals surface area contributed by atoms with E-state index >= 15 is 0 Å². The van der Waals surface area contributed by atoms with Gasteiger partial charge in [-0.15, -0.1) is 0 Å². The number of nitrogens with zero attached hydrogens (tertiary/aromatic N) is 4. The number of nitrogens with one attached hydrogen (secondary N) is 1. The van der Waals surface area contributed by atoms with Gasteiger partial charge in [0.15, 0.2) is 0 Å². The first kappa shape index (κ1) is 12.5. The number of alkyl halides is 2. The first-order valence-electron chi connectivity index (χ1n) is 5.78. The molecule has 0 aliphatic heterocycles. The van der Waals surface area contributed by atoms with Crippen LogP contribution < -0.4 is 5.32 Å². The fraction of sp³-hybridized carbons (Fsp3) is 0.455. The Morgan fingerprint density at radius 1 is 1.39 bits per heavy atom. The summed E-state index contributed by atoms with van der Waals surface area (Å²) in [4.78, 5) is 0. The molecule has 0 atom stereocenters. The molecule has 2 aromatic rings. The predicted octanol–water partition coefficient (Wildman–Crippen LogP) is 2.50. The molecule has 2 heterocycles. The Balaban J connectivity index is 1.95. The molecule has 0 unspecified atom stereocenters. The van der Waals surface area contributed by atoms with Crippen LogP contribution in [0.3, 0.4) is 0 Å². The highest BCUT2D eigenvalue weighted by molar-refractivity contribution is 5.32. The monoisotopic (exact) mass is 255 g/mol. The van der Waals surface area contributed by atoms with Crippen LogP contribution in [0.5, 0.6) is 0 Å². The van der Waals surface area contributed by atoms with E-state index in [0.29, 0.717) is 17.0 Å². The van der Waals surface area contributed by atoms with Crippen LogP contribution in [0.1, 0.15) is 25.6 Å². The van der Waals surface area contributed by atoms with Gasteiger partial charge in [-0.25, -0.2) is 4.68 Å². The second kappa shape index (κ2) is 5.61. The Labute approximate surface area is 103 Å². The van der Waals surface area contributed by atoms with Gasteiger partial charge in [-0.1, -0.05) is 6.92 Å². The minimum atomic E-state index is -2.61. The van der Waals surface area contributed by atoms with Crippen molar-refractivity contribution in [1.82, 2.24) is 19.6 Å². The normalized spacial score (nSPS) is 11.1. The minimum Gasteiger partial charge on any atom is -0.363 e. The molecule has 18 heavy (non-hydrogen) atoms. The molecule has 0 aliphatic rings. The van der Waals surface area contributed by atoms with Crippen molar-refractivity contribution in [2.75, 3.05) is 5.32 Å². The molecule has 0 fully saturated rings. The topological polar surface area (TPSA) is 47.7 Å². The van der Waals surface area contributed by atoms with Gasteiger partial charge in [-0.2, -0.15) is 19.0 Å². The molecule has 5 nitrogen and oxygen atoms in total. The molecule has 0 amide bonds. The van der Waals surface area contributed by atoms with E-state index in [4.69, 9.17) is 0 Å². The number of anilines is 1. The van der Waals surface area contributed by atoms with Crippen LogP contribution in [0.25, 0.3) is 0 Å². The van der Waals surface area contributed by atoms with Crippen molar-refractivity contribution in [3.63, 3.8) is 0 Å². The van der Waals surface area contributed by atoms with Crippen LogP contribution in [0.15, 0.2) is 24.5 Å². The molecule has 0 saturated carbocycles. The number of aromatic nitrogens is 4. The van der Waals surface area contributed by atoms with E-state index < -0.39 is 6.55 Å². The van der Waals surface area contributed by atoms with Gasteiger partial charge in [-0.3, -0.25) is 4.68 Å². The van der Waals surface area contributed by atoms with Crippen molar-refractivity contribution in [2.24, 2.45) is 0 Å². The largest absolute Gasteiger partial charge is 0.363 e. The molecule has 2 rings (SSSR count). The second-order valence-corrected chi connectivity index (χ2v) is 3.86. The Hall–Kier alpha value is -1.92. The summed E-state index contributed by atoms with van der Waals surface area (Å²) in [6.07, 6.45) is 3.97. The van der Waals surface area contributed by atoms with Crippen LogP contribution in [0.4, 0.5) is 14.6 Å². The zero-order valence-electron chi connectivity index (χ0n) is 10.1. The fourth-order valence-corrected chi connectivity index (χ4v) is 1.65. The lowest BCUT2D eigenvalue weighted by atomic mass is 10.4. The van der Waals surface area contributed by atoms with E-state index in [0.717, 1.165) is 18.7 Å². The Bertz CT molecular complexity index is 491. The van der Waals surface area contributed by atoms with E-state index in [2.05, 4.69) is 22.4 Å². The maximum absolute atomic E-state index is 12.3. The van der Waals surface area contributed by atoms with Crippen LogP contribution in [-0.2, 0) is 13.1 Å². The van der Waals surface area contributed by atoms with Gasteiger partial charge >= 0.3 is 6.55 Å². The summed E-state index contributed by atoms with van der Waals surface area (Å²) in [6.45, 7) is 0.824. The molecule has 0 bridgehead atoms. The van der Waals surface area contributed by atoms with Crippen molar-refractivity contribution in [3.8, 4) is 0 Å². The zero-order valence-corrected chi connectivity index (χ0v) is 10.1. The molecule has 0 radical (unpaired) electrons. The van der Waals surface area contributed by atoms with E-state index in [9.17, 15) is 8.78 Å². The molecule has 7 heteroatoms. The minimum absolute atomic E-state index is 0.430. The van der Waals surface area contributed by atoms with Crippen molar-refractivity contribution in [1.29, 1.82) is 0 Å². The summed E-state index contributed by atoms with van der Waals surface area (Å²) in [5.41, 5.74) is 1.00. The van der Waals surface area contributed by atoms with Gasteiger partial charge in [0.2, 0.25) is 0 Å². The molecular formula is C11H15F2N5. The van der Waals surface area contributed by atoms with Crippen molar-refractivity contribution >= 4 is 5.82 Å². The summed E-state index contributed by atoms with van der Waals surface area (Å²) in [5, 5.41) is 10.9. The number of rotatable bonds is 6. The standard InChI is InChI=1S/C11H15F2N5/c1-2-6-17-9(3-5-15-17)8-14-10-4-7-18(16-10)11(12)13/h3-5,7,11H,2,6,8H2,1H3,(H,14,16). The summed E-state index contributed by atoms with van der Waals surface area (Å²) < 4.78 is 27.1. The Kier molecular flexibility index (Phi) is 3.91. The summed E-state index contributed by atoms with van der Waals surface area (Å²) in [7, 11) is 0. The second-order valence-electron chi connectivity index (χ2n) is 3.86. The summed E-state index contributed by atoms with van der Waals surface area (Å²) in [5.74, 6) is 0.430. The quantitative estimate of drug-likeness (QED) is 0.862. The fourth-order valence-electron chi connectivity index (χ4n) is 1.65. The summed E-state index contributed by atoms with van der Waals surface area (Å²) in [6, 6.07) is 3.42. The van der Waals surface area contributed by atoms with E-state index in [1.54, 1.807) is 6.20 Å². The number of hydrogen-bond donors (Lipinski definition) is 1. The molecule has 0 aromatic carbocycles. The predicted molar refractivity (Wildman–Crippen MR) is 63.3 cm³/mol. The zero-order chi connectivity index (χ0) is 13.0. The lowest BCUT2D eigenvalue weighted by molar-refractivity contribution is 0.0569. The average molecular weight is 255 g/mol. The van der Waals surface area contributed by atoms with Gasteiger partial charge in [0.1, 0.15) is 5.82 Å². The van der Waals surface area contributed by atoms with Gasteiger partial charge < -0.3 is 5.32 Å². The highest BCUT2D eigenvalue weighted by Gasteiger charge is 2.07. The third-order valence-electron chi connectivity index (χ3n) is 2.50. The van der Waals surface area contributed by atoms with Gasteiger partial charge in [0, 0.05) is 25.0 Å². The smallest absolute Gasteiger partial charge is 0.333 e. The van der Waals surface area contributed by atoms with Gasteiger partial charge in [0.05, 0.1) is 12.2 Å². The first-order valence-corrected chi connectivity index (χ1v) is 5.78. The SMILES string of the molecule is CCCn1nccc1CNc1ccn(C(F)F)n1. The van der Waals surface area contributed by atoms with Crippen LogP contribution in [-0.4, -0.2) is 19.6 Å². The van der Waals surface area contributed by atoms with E-state index in [1.165, 1.54) is 12.3 Å². The molecule has 2 aromatic heterocycles. The average Bonchev–Trinajstić information content (AvgIpc) is 2.95. The number of halogens is 2. The van der Waals surface area contributed by atoms with E-state index in [-0.39, 0.29) is 0 Å². The maximum Gasteiger partial charge on any atom is 0.333 e. The van der Waals surface area contributed by atoms with Crippen molar-refractivity contribution in [2.45, 2.75) is 33.0 Å². The molecule has 0 aliphatic carbocycles. The highest BCUT2D eigenvalue weighted by atomic mass is 19.3. The Morgan fingerprint density at radius 2 is 2.22 bits per heavy atom. The van der Waals surface area contributed by atoms with Gasteiger partial charge in [-0.05, 0) is 12.5 Å². The van der Waals surface area contributed by atoms with Crippen LogP contribution in [0.2, 0.25) is 0 Å². The lowest BCUT2D eigenvalue weighted by Crippen LogP contribution is -2.09. The van der Waals surface area contributed by atoms with Crippen molar-refractivity contribution < 1.29 is 8.78 Å². The lowest BCUT2D eigenvalue weighted by Gasteiger charge is -2.06. The molecule has 0 saturated heterocycles.